The Balaban J connectivity index is 2.12. The highest BCUT2D eigenvalue weighted by molar-refractivity contribution is 7.89. The van der Waals surface area contributed by atoms with Crippen molar-refractivity contribution in [1.29, 1.82) is 0 Å². The van der Waals surface area contributed by atoms with Crippen molar-refractivity contribution in [2.24, 2.45) is 10.1 Å². The molecule has 2 aromatic carbocycles. The lowest BCUT2D eigenvalue weighted by atomic mass is 10.2. The van der Waals surface area contributed by atoms with Crippen LogP contribution in [0.15, 0.2) is 52.4 Å². The Bertz CT molecular complexity index is 1160. The molecule has 3 rings (SSSR count). The van der Waals surface area contributed by atoms with E-state index in [9.17, 15) is 13.2 Å². The molecule has 0 radical (unpaired) electrons. The maximum atomic E-state index is 12.5. The molecule has 1 amide bonds. The van der Waals surface area contributed by atoms with Crippen LogP contribution in [0.3, 0.4) is 0 Å². The second kappa shape index (κ2) is 7.63. The van der Waals surface area contributed by atoms with Gasteiger partial charge in [0, 0.05) is 12.1 Å². The molecule has 7 nitrogen and oxygen atoms in total. The number of thiazole rings is 1. The maximum absolute atomic E-state index is 12.5. The van der Waals surface area contributed by atoms with Crippen LogP contribution in [0.5, 0.6) is 5.75 Å². The van der Waals surface area contributed by atoms with E-state index in [4.69, 9.17) is 9.88 Å². The maximum Gasteiger partial charge on any atom is 0.279 e. The molecule has 0 unspecified atom stereocenters. The molecule has 0 saturated carbocycles. The number of benzene rings is 2. The van der Waals surface area contributed by atoms with Gasteiger partial charge in [-0.25, -0.2) is 13.6 Å². The number of carbonyl (C=O) groups excluding carboxylic acids is 1. The molecular formula is C18H19N3O4S2. The van der Waals surface area contributed by atoms with Crippen LogP contribution in [0, 0.1) is 0 Å². The Kier molecular flexibility index (Phi) is 5.45. The lowest BCUT2D eigenvalue weighted by molar-refractivity contribution is 0.0997. The van der Waals surface area contributed by atoms with E-state index in [1.165, 1.54) is 23.5 Å². The molecule has 0 fully saturated rings. The first-order chi connectivity index (χ1) is 12.8. The minimum absolute atomic E-state index is 0.0351. The fourth-order valence-corrected chi connectivity index (χ4v) is 4.35. The number of hydrogen-bond donors (Lipinski definition) is 1. The number of nitrogens with two attached hydrogens (primary N) is 1. The molecule has 9 heteroatoms. The van der Waals surface area contributed by atoms with Gasteiger partial charge < -0.3 is 9.30 Å². The predicted octanol–water partition coefficient (Wildman–Crippen LogP) is 2.51. The van der Waals surface area contributed by atoms with Crippen LogP contribution in [0.4, 0.5) is 0 Å². The van der Waals surface area contributed by atoms with Crippen molar-refractivity contribution in [1.82, 2.24) is 4.57 Å². The SMILES string of the molecule is CCCn1c(=NC(=O)c2ccc(OC)cc2)sc2cc(S(N)(=O)=O)ccc21. The Labute approximate surface area is 160 Å². The molecule has 0 atom stereocenters. The standard InChI is InChI=1S/C18H19N3O4S2/c1-3-10-21-15-9-8-14(27(19,23)24)11-16(15)26-18(21)20-17(22)12-4-6-13(25-2)7-5-12/h4-9,11H,3,10H2,1-2H3,(H2,19,23,24). The van der Waals surface area contributed by atoms with Gasteiger partial charge in [-0.3, -0.25) is 4.79 Å². The normalized spacial score (nSPS) is 12.5. The summed E-state index contributed by atoms with van der Waals surface area (Å²) in [5, 5.41) is 5.21. The van der Waals surface area contributed by atoms with Crippen molar-refractivity contribution >= 4 is 37.5 Å². The van der Waals surface area contributed by atoms with Crippen molar-refractivity contribution in [2.75, 3.05) is 7.11 Å². The quantitative estimate of drug-likeness (QED) is 0.704. The summed E-state index contributed by atoms with van der Waals surface area (Å²) >= 11 is 1.26. The number of nitrogens with zero attached hydrogens (tertiary/aromatic N) is 2. The summed E-state index contributed by atoms with van der Waals surface area (Å²) in [5.74, 6) is 0.283. The van der Waals surface area contributed by atoms with E-state index in [-0.39, 0.29) is 10.8 Å². The Morgan fingerprint density at radius 1 is 1.22 bits per heavy atom. The highest BCUT2D eigenvalue weighted by Gasteiger charge is 2.13. The number of aryl methyl sites for hydroxylation is 1. The molecule has 27 heavy (non-hydrogen) atoms. The third-order valence-electron chi connectivity index (χ3n) is 3.96. The smallest absolute Gasteiger partial charge is 0.279 e. The van der Waals surface area contributed by atoms with Crippen molar-refractivity contribution < 1.29 is 17.9 Å². The minimum Gasteiger partial charge on any atom is -0.497 e. The lowest BCUT2D eigenvalue weighted by Crippen LogP contribution is -2.17. The molecular weight excluding hydrogens is 386 g/mol. The molecule has 2 N–H and O–H groups in total. The van der Waals surface area contributed by atoms with E-state index in [2.05, 4.69) is 4.99 Å². The molecule has 0 aliphatic carbocycles. The number of rotatable bonds is 5. The zero-order valence-corrected chi connectivity index (χ0v) is 16.5. The highest BCUT2D eigenvalue weighted by atomic mass is 32.2. The van der Waals surface area contributed by atoms with Crippen LogP contribution in [0.1, 0.15) is 23.7 Å². The van der Waals surface area contributed by atoms with Gasteiger partial charge in [-0.1, -0.05) is 18.3 Å². The second-order valence-electron chi connectivity index (χ2n) is 5.86. The molecule has 0 saturated heterocycles. The number of fused-ring (bicyclic) bond motifs is 1. The Morgan fingerprint density at radius 2 is 1.93 bits per heavy atom. The predicted molar refractivity (Wildman–Crippen MR) is 104 cm³/mol. The van der Waals surface area contributed by atoms with E-state index in [1.54, 1.807) is 37.4 Å². The summed E-state index contributed by atoms with van der Waals surface area (Å²) in [6.07, 6.45) is 0.840. The van der Waals surface area contributed by atoms with Gasteiger partial charge in [-0.05, 0) is 48.9 Å². The Hall–Kier alpha value is -2.49. The highest BCUT2D eigenvalue weighted by Crippen LogP contribution is 2.22. The first-order valence-corrected chi connectivity index (χ1v) is 10.6. The Morgan fingerprint density at radius 3 is 2.52 bits per heavy atom. The zero-order chi connectivity index (χ0) is 19.6. The van der Waals surface area contributed by atoms with Crippen LogP contribution in [-0.4, -0.2) is 26.0 Å². The monoisotopic (exact) mass is 405 g/mol. The van der Waals surface area contributed by atoms with Crippen LogP contribution in [0.25, 0.3) is 10.2 Å². The summed E-state index contributed by atoms with van der Waals surface area (Å²) < 4.78 is 30.9. The van der Waals surface area contributed by atoms with Crippen LogP contribution in [0.2, 0.25) is 0 Å². The molecule has 0 aliphatic heterocycles. The number of sulfonamides is 1. The molecule has 3 aromatic rings. The number of carbonyl (C=O) groups is 1. The van der Waals surface area contributed by atoms with Gasteiger partial charge in [0.15, 0.2) is 4.80 Å². The number of methoxy groups -OCH3 is 1. The fraction of sp³-hybridized carbons (Fsp3) is 0.222. The molecule has 1 heterocycles. The van der Waals surface area contributed by atoms with E-state index in [1.807, 2.05) is 11.5 Å². The average molecular weight is 406 g/mol. The summed E-state index contributed by atoms with van der Waals surface area (Å²) in [6, 6.07) is 11.4. The van der Waals surface area contributed by atoms with Crippen LogP contribution in [-0.2, 0) is 16.6 Å². The van der Waals surface area contributed by atoms with Gasteiger partial charge >= 0.3 is 0 Å². The first-order valence-electron chi connectivity index (χ1n) is 8.23. The summed E-state index contributed by atoms with van der Waals surface area (Å²) in [7, 11) is -2.24. The third-order valence-corrected chi connectivity index (χ3v) is 5.92. The second-order valence-corrected chi connectivity index (χ2v) is 8.43. The number of hydrogen-bond acceptors (Lipinski definition) is 5. The average Bonchev–Trinajstić information content (AvgIpc) is 2.98. The summed E-state index contributed by atoms with van der Waals surface area (Å²) in [6.45, 7) is 2.67. The summed E-state index contributed by atoms with van der Waals surface area (Å²) in [5.41, 5.74) is 1.26. The molecule has 142 valence electrons. The van der Waals surface area contributed by atoms with Crippen molar-refractivity contribution in [2.45, 2.75) is 24.8 Å². The lowest BCUT2D eigenvalue weighted by Gasteiger charge is -2.04. The number of aromatic nitrogens is 1. The largest absolute Gasteiger partial charge is 0.497 e. The van der Waals surface area contributed by atoms with E-state index < -0.39 is 10.0 Å². The topological polar surface area (TPSA) is 104 Å². The minimum atomic E-state index is -3.79. The number of primary sulfonamides is 1. The van der Waals surface area contributed by atoms with Gasteiger partial charge in [-0.2, -0.15) is 4.99 Å². The van der Waals surface area contributed by atoms with Crippen molar-refractivity contribution in [3.05, 3.63) is 52.8 Å². The van der Waals surface area contributed by atoms with E-state index in [0.29, 0.717) is 27.4 Å². The van der Waals surface area contributed by atoms with E-state index >= 15 is 0 Å². The summed E-state index contributed by atoms with van der Waals surface area (Å²) in [4.78, 5) is 17.3. The molecule has 1 aromatic heterocycles. The van der Waals surface area contributed by atoms with Gasteiger partial charge in [0.1, 0.15) is 5.75 Å². The van der Waals surface area contributed by atoms with Crippen molar-refractivity contribution in [3.63, 3.8) is 0 Å². The number of ether oxygens (including phenoxy) is 1. The first kappa shape index (κ1) is 19.3. The van der Waals surface area contributed by atoms with Crippen LogP contribution < -0.4 is 14.7 Å². The number of amides is 1. The van der Waals surface area contributed by atoms with Gasteiger partial charge in [0.2, 0.25) is 10.0 Å². The van der Waals surface area contributed by atoms with E-state index in [0.717, 1.165) is 11.9 Å². The molecule has 0 spiro atoms. The molecule has 0 bridgehead atoms. The zero-order valence-electron chi connectivity index (χ0n) is 14.9. The van der Waals surface area contributed by atoms with Gasteiger partial charge in [-0.15, -0.1) is 0 Å². The third kappa shape index (κ3) is 4.10. The van der Waals surface area contributed by atoms with Gasteiger partial charge in [0.05, 0.1) is 22.2 Å². The molecule has 0 aliphatic rings. The van der Waals surface area contributed by atoms with Crippen molar-refractivity contribution in [3.8, 4) is 5.75 Å². The van der Waals surface area contributed by atoms with Gasteiger partial charge in [0.25, 0.3) is 5.91 Å². The fourth-order valence-electron chi connectivity index (χ4n) is 2.64. The van der Waals surface area contributed by atoms with Crippen LogP contribution >= 0.6 is 11.3 Å².